The van der Waals surface area contributed by atoms with E-state index in [0.717, 1.165) is 0 Å². The van der Waals surface area contributed by atoms with Crippen LogP contribution in [-0.4, -0.2) is 11.1 Å². The van der Waals surface area contributed by atoms with Gasteiger partial charge >= 0.3 is 0 Å². The number of rotatable bonds is 3. The van der Waals surface area contributed by atoms with Crippen LogP contribution in [-0.2, 0) is 0 Å². The minimum absolute atomic E-state index is 0.00405. The quantitative estimate of drug-likeness (QED) is 0.605. The fourth-order valence-corrected chi connectivity index (χ4v) is 1.69. The van der Waals surface area contributed by atoms with Gasteiger partial charge in [-0.3, -0.25) is 4.79 Å². The monoisotopic (exact) mass is 280 g/mol. The highest BCUT2D eigenvalue weighted by atomic mass is 79.9. The third kappa shape index (κ3) is 2.97. The predicted octanol–water partition coefficient (Wildman–Crippen LogP) is 3.96. The Morgan fingerprint density at radius 2 is 2.08 bits per heavy atom. The van der Waals surface area contributed by atoms with Crippen molar-refractivity contribution in [3.05, 3.63) is 33.8 Å². The summed E-state index contributed by atoms with van der Waals surface area (Å²) in [5, 5.41) is 1.62. The maximum Gasteiger partial charge on any atom is 0.165 e. The van der Waals surface area contributed by atoms with Gasteiger partial charge in [0.15, 0.2) is 5.78 Å². The van der Waals surface area contributed by atoms with Crippen LogP contribution in [0.3, 0.4) is 0 Å². The molecule has 0 aliphatic heterocycles. The minimum Gasteiger partial charge on any atom is -0.294 e. The number of ketones is 1. The van der Waals surface area contributed by atoms with Crippen LogP contribution in [0.1, 0.15) is 16.8 Å². The van der Waals surface area contributed by atoms with E-state index >= 15 is 0 Å². The van der Waals surface area contributed by atoms with Crippen LogP contribution in [0.2, 0.25) is 10.0 Å². The normalized spacial score (nSPS) is 10.1. The Hall–Kier alpha value is -0.0500. The number of carbonyl (C=O) groups excluding carboxylic acids is 1. The molecule has 1 nitrogen and oxygen atoms in total. The van der Waals surface area contributed by atoms with E-state index in [4.69, 9.17) is 23.2 Å². The molecule has 0 aliphatic rings. The first-order valence-corrected chi connectivity index (χ1v) is 5.57. The second kappa shape index (κ2) is 4.99. The molecule has 0 heterocycles. The van der Waals surface area contributed by atoms with Crippen LogP contribution >= 0.6 is 39.1 Å². The first-order chi connectivity index (χ1) is 6.15. The van der Waals surface area contributed by atoms with Gasteiger partial charge in [-0.1, -0.05) is 39.1 Å². The average Bonchev–Trinajstić information content (AvgIpc) is 2.09. The van der Waals surface area contributed by atoms with E-state index in [0.29, 0.717) is 27.4 Å². The van der Waals surface area contributed by atoms with Crippen molar-refractivity contribution in [2.24, 2.45) is 0 Å². The van der Waals surface area contributed by atoms with E-state index in [1.807, 2.05) is 0 Å². The van der Waals surface area contributed by atoms with Crippen LogP contribution in [0.25, 0.3) is 0 Å². The standard InChI is InChI=1S/C9H7BrCl2O/c10-4-3-9(13)7-5-6(11)1-2-8(7)12/h1-2,5H,3-4H2. The molecule has 13 heavy (non-hydrogen) atoms. The molecule has 0 atom stereocenters. The number of alkyl halides is 1. The molecule has 4 heteroatoms. The lowest BCUT2D eigenvalue weighted by Crippen LogP contribution is -2.00. The summed E-state index contributed by atoms with van der Waals surface area (Å²) in [6.07, 6.45) is 0.431. The summed E-state index contributed by atoms with van der Waals surface area (Å²) in [7, 11) is 0. The smallest absolute Gasteiger partial charge is 0.165 e. The van der Waals surface area contributed by atoms with E-state index in [2.05, 4.69) is 15.9 Å². The summed E-state index contributed by atoms with van der Waals surface area (Å²) in [6.45, 7) is 0. The fraction of sp³-hybridized carbons (Fsp3) is 0.222. The average molecular weight is 282 g/mol. The summed E-state index contributed by atoms with van der Waals surface area (Å²) in [6, 6.07) is 4.88. The van der Waals surface area contributed by atoms with E-state index in [9.17, 15) is 4.79 Å². The van der Waals surface area contributed by atoms with Crippen LogP contribution in [0, 0.1) is 0 Å². The lowest BCUT2D eigenvalue weighted by molar-refractivity contribution is 0.0990. The molecule has 0 bridgehead atoms. The Kier molecular flexibility index (Phi) is 4.23. The summed E-state index contributed by atoms with van der Waals surface area (Å²) in [4.78, 5) is 11.4. The van der Waals surface area contributed by atoms with Gasteiger partial charge in [-0.25, -0.2) is 0 Å². The Morgan fingerprint density at radius 3 is 2.69 bits per heavy atom. The van der Waals surface area contributed by atoms with Gasteiger partial charge in [0.05, 0.1) is 5.02 Å². The van der Waals surface area contributed by atoms with Gasteiger partial charge in [-0.15, -0.1) is 0 Å². The van der Waals surface area contributed by atoms with Crippen molar-refractivity contribution >= 4 is 44.9 Å². The molecule has 0 fully saturated rings. The molecule has 0 radical (unpaired) electrons. The van der Waals surface area contributed by atoms with Crippen LogP contribution in [0.5, 0.6) is 0 Å². The van der Waals surface area contributed by atoms with Crippen molar-refractivity contribution in [1.82, 2.24) is 0 Å². The number of hydrogen-bond acceptors (Lipinski definition) is 1. The van der Waals surface area contributed by atoms with Crippen LogP contribution < -0.4 is 0 Å². The highest BCUT2D eigenvalue weighted by Crippen LogP contribution is 2.21. The first-order valence-electron chi connectivity index (χ1n) is 3.69. The predicted molar refractivity (Wildman–Crippen MR) is 59.2 cm³/mol. The van der Waals surface area contributed by atoms with Crippen LogP contribution in [0.4, 0.5) is 0 Å². The highest BCUT2D eigenvalue weighted by molar-refractivity contribution is 9.09. The van der Waals surface area contributed by atoms with E-state index in [-0.39, 0.29) is 5.78 Å². The Bertz CT molecular complexity index is 325. The molecule has 0 amide bonds. The van der Waals surface area contributed by atoms with E-state index < -0.39 is 0 Å². The minimum atomic E-state index is 0.00405. The van der Waals surface area contributed by atoms with Gasteiger partial charge in [0.25, 0.3) is 0 Å². The second-order valence-corrected chi connectivity index (χ2v) is 4.12. The molecule has 1 rings (SSSR count). The summed E-state index contributed by atoms with van der Waals surface area (Å²) < 4.78 is 0. The number of carbonyl (C=O) groups is 1. The van der Waals surface area contributed by atoms with Gasteiger partial charge in [0.2, 0.25) is 0 Å². The van der Waals surface area contributed by atoms with Gasteiger partial charge in [-0.2, -0.15) is 0 Å². The molecule has 0 saturated carbocycles. The van der Waals surface area contributed by atoms with Gasteiger partial charge in [0, 0.05) is 22.3 Å². The molecule has 0 unspecified atom stereocenters. The zero-order valence-electron chi connectivity index (χ0n) is 6.69. The first kappa shape index (κ1) is 11.0. The Labute approximate surface area is 95.2 Å². The summed E-state index contributed by atoms with van der Waals surface area (Å²) in [5.41, 5.74) is 0.494. The van der Waals surface area contributed by atoms with E-state index in [1.165, 1.54) is 0 Å². The van der Waals surface area contributed by atoms with Gasteiger partial charge in [-0.05, 0) is 18.2 Å². The molecule has 1 aromatic rings. The van der Waals surface area contributed by atoms with Gasteiger partial charge < -0.3 is 0 Å². The molecule has 0 saturated heterocycles. The number of hydrogen-bond donors (Lipinski definition) is 0. The molecule has 70 valence electrons. The molecular formula is C9H7BrCl2O. The lowest BCUT2D eigenvalue weighted by Gasteiger charge is -2.01. The highest BCUT2D eigenvalue weighted by Gasteiger charge is 2.09. The third-order valence-corrected chi connectivity index (χ3v) is 2.51. The zero-order chi connectivity index (χ0) is 9.84. The van der Waals surface area contributed by atoms with E-state index in [1.54, 1.807) is 18.2 Å². The van der Waals surface area contributed by atoms with Crippen molar-refractivity contribution in [2.75, 3.05) is 5.33 Å². The topological polar surface area (TPSA) is 17.1 Å². The largest absolute Gasteiger partial charge is 0.294 e. The van der Waals surface area contributed by atoms with Crippen molar-refractivity contribution in [3.8, 4) is 0 Å². The third-order valence-electron chi connectivity index (χ3n) is 1.55. The van der Waals surface area contributed by atoms with Crippen molar-refractivity contribution in [2.45, 2.75) is 6.42 Å². The van der Waals surface area contributed by atoms with Crippen molar-refractivity contribution < 1.29 is 4.79 Å². The number of halogens is 3. The SMILES string of the molecule is O=C(CCBr)c1cc(Cl)ccc1Cl. The van der Waals surface area contributed by atoms with Crippen LogP contribution in [0.15, 0.2) is 18.2 Å². The maximum absolute atomic E-state index is 11.4. The fourth-order valence-electron chi connectivity index (χ4n) is 0.932. The van der Waals surface area contributed by atoms with Crippen molar-refractivity contribution in [1.29, 1.82) is 0 Å². The molecule has 0 aliphatic carbocycles. The molecular weight excluding hydrogens is 275 g/mol. The molecule has 0 N–H and O–H groups in total. The zero-order valence-corrected chi connectivity index (χ0v) is 9.79. The summed E-state index contributed by atoms with van der Waals surface area (Å²) >= 11 is 14.8. The Balaban J connectivity index is 2.99. The second-order valence-electron chi connectivity index (χ2n) is 2.49. The van der Waals surface area contributed by atoms with Crippen molar-refractivity contribution in [3.63, 3.8) is 0 Å². The summed E-state index contributed by atoms with van der Waals surface area (Å²) in [5.74, 6) is 0.00405. The maximum atomic E-state index is 11.4. The molecule has 0 aromatic heterocycles. The Morgan fingerprint density at radius 1 is 1.38 bits per heavy atom. The van der Waals surface area contributed by atoms with Gasteiger partial charge in [0.1, 0.15) is 0 Å². The number of benzene rings is 1. The molecule has 0 spiro atoms. The molecule has 1 aromatic carbocycles. The number of Topliss-reactive ketones (excluding diaryl/α,β-unsaturated/α-hetero) is 1. The lowest BCUT2D eigenvalue weighted by atomic mass is 10.1.